The van der Waals surface area contributed by atoms with Crippen molar-refractivity contribution >= 4 is 15.9 Å². The van der Waals surface area contributed by atoms with Gasteiger partial charge in [0.2, 0.25) is 0 Å². The van der Waals surface area contributed by atoms with E-state index in [1.54, 1.807) is 0 Å². The first-order chi connectivity index (χ1) is 5.27. The number of benzene rings is 1. The molecule has 0 amide bonds. The fourth-order valence-electron chi connectivity index (χ4n) is 1.22. The van der Waals surface area contributed by atoms with E-state index < -0.39 is 0 Å². The second kappa shape index (κ2) is 2.59. The summed E-state index contributed by atoms with van der Waals surface area (Å²) in [6, 6.07) is 6.77. The number of hydrogen-bond donors (Lipinski definition) is 0. The van der Waals surface area contributed by atoms with E-state index in [1.165, 1.54) is 24.1 Å². The quantitative estimate of drug-likeness (QED) is 0.631. The Balaban J connectivity index is 2.21. The maximum Gasteiger partial charge on any atom is 0.123 e. The SMILES string of the molecule is Fc1ccc([C@@H]2C[C@H]2Br)cc1. The monoisotopic (exact) mass is 214 g/mol. The molecular weight excluding hydrogens is 207 g/mol. The van der Waals surface area contributed by atoms with Crippen LogP contribution in [-0.4, -0.2) is 4.83 Å². The van der Waals surface area contributed by atoms with E-state index in [9.17, 15) is 4.39 Å². The number of rotatable bonds is 1. The van der Waals surface area contributed by atoms with Crippen LogP contribution in [0.15, 0.2) is 24.3 Å². The Morgan fingerprint density at radius 1 is 1.27 bits per heavy atom. The van der Waals surface area contributed by atoms with Crippen LogP contribution in [-0.2, 0) is 0 Å². The lowest BCUT2D eigenvalue weighted by Crippen LogP contribution is -1.81. The third-order valence-corrected chi connectivity index (χ3v) is 3.02. The van der Waals surface area contributed by atoms with Crippen LogP contribution in [0.2, 0.25) is 0 Å². The predicted molar refractivity (Wildman–Crippen MR) is 46.5 cm³/mol. The van der Waals surface area contributed by atoms with Crippen molar-refractivity contribution in [2.24, 2.45) is 0 Å². The molecule has 2 rings (SSSR count). The summed E-state index contributed by atoms with van der Waals surface area (Å²) in [6.07, 6.45) is 1.19. The van der Waals surface area contributed by atoms with Gasteiger partial charge in [-0.15, -0.1) is 0 Å². The van der Waals surface area contributed by atoms with Crippen LogP contribution in [0.5, 0.6) is 0 Å². The van der Waals surface area contributed by atoms with Crippen LogP contribution in [0, 0.1) is 5.82 Å². The fraction of sp³-hybridized carbons (Fsp3) is 0.333. The van der Waals surface area contributed by atoms with E-state index in [-0.39, 0.29) is 5.82 Å². The van der Waals surface area contributed by atoms with E-state index >= 15 is 0 Å². The molecule has 2 atom stereocenters. The van der Waals surface area contributed by atoms with Crippen molar-refractivity contribution in [2.75, 3.05) is 0 Å². The average Bonchev–Trinajstić information content (AvgIpc) is 2.69. The van der Waals surface area contributed by atoms with Gasteiger partial charge in [0.15, 0.2) is 0 Å². The Hall–Kier alpha value is -0.370. The maximum absolute atomic E-state index is 12.5. The van der Waals surface area contributed by atoms with Gasteiger partial charge in [0.25, 0.3) is 0 Å². The molecule has 1 aliphatic carbocycles. The molecule has 0 radical (unpaired) electrons. The molecule has 0 aromatic heterocycles. The van der Waals surface area contributed by atoms with Crippen LogP contribution < -0.4 is 0 Å². The van der Waals surface area contributed by atoms with Crippen LogP contribution in [0.3, 0.4) is 0 Å². The molecule has 58 valence electrons. The first-order valence-electron chi connectivity index (χ1n) is 3.67. The molecule has 0 spiro atoms. The molecule has 1 aliphatic rings. The molecule has 1 saturated carbocycles. The van der Waals surface area contributed by atoms with Gasteiger partial charge >= 0.3 is 0 Å². The third kappa shape index (κ3) is 1.45. The minimum absolute atomic E-state index is 0.152. The predicted octanol–water partition coefficient (Wildman–Crippen LogP) is 3.08. The van der Waals surface area contributed by atoms with Crippen molar-refractivity contribution in [3.8, 4) is 0 Å². The van der Waals surface area contributed by atoms with Gasteiger partial charge in [-0.05, 0) is 30.0 Å². The Labute approximate surface area is 73.6 Å². The minimum Gasteiger partial charge on any atom is -0.207 e. The van der Waals surface area contributed by atoms with Gasteiger partial charge < -0.3 is 0 Å². The average molecular weight is 215 g/mol. The van der Waals surface area contributed by atoms with Gasteiger partial charge in [-0.25, -0.2) is 4.39 Å². The lowest BCUT2D eigenvalue weighted by atomic mass is 10.1. The molecule has 0 saturated heterocycles. The molecule has 1 aromatic carbocycles. The lowest BCUT2D eigenvalue weighted by Gasteiger charge is -1.95. The second-order valence-electron chi connectivity index (χ2n) is 2.91. The summed E-state index contributed by atoms with van der Waals surface area (Å²) in [6.45, 7) is 0. The van der Waals surface area contributed by atoms with Crippen LogP contribution in [0.1, 0.15) is 17.9 Å². The third-order valence-electron chi connectivity index (χ3n) is 2.01. The second-order valence-corrected chi connectivity index (χ2v) is 4.09. The smallest absolute Gasteiger partial charge is 0.123 e. The van der Waals surface area contributed by atoms with Crippen LogP contribution >= 0.6 is 15.9 Å². The molecular formula is C9H8BrF. The Bertz CT molecular complexity index is 255. The summed E-state index contributed by atoms with van der Waals surface area (Å²) in [5.74, 6) is 0.469. The standard InChI is InChI=1S/C9H8BrF/c10-9-5-8(9)6-1-3-7(11)4-2-6/h1-4,8-9H,5H2/t8-,9+/m0/s1. The molecule has 0 nitrogen and oxygen atoms in total. The van der Waals surface area contributed by atoms with Crippen molar-refractivity contribution in [1.29, 1.82) is 0 Å². The van der Waals surface area contributed by atoms with Gasteiger partial charge in [-0.2, -0.15) is 0 Å². The highest BCUT2D eigenvalue weighted by Gasteiger charge is 2.35. The molecule has 0 unspecified atom stereocenters. The summed E-state index contributed by atoms with van der Waals surface area (Å²) < 4.78 is 12.5. The Kier molecular flexibility index (Phi) is 1.72. The van der Waals surface area contributed by atoms with Crippen molar-refractivity contribution in [3.63, 3.8) is 0 Å². The van der Waals surface area contributed by atoms with Gasteiger partial charge in [-0.3, -0.25) is 0 Å². The highest BCUT2D eigenvalue weighted by molar-refractivity contribution is 9.09. The zero-order valence-electron chi connectivity index (χ0n) is 5.93. The Morgan fingerprint density at radius 2 is 1.82 bits per heavy atom. The molecule has 1 aromatic rings. The molecule has 0 aliphatic heterocycles. The molecule has 0 N–H and O–H groups in total. The van der Waals surface area contributed by atoms with E-state index in [0.29, 0.717) is 10.7 Å². The van der Waals surface area contributed by atoms with Crippen molar-refractivity contribution < 1.29 is 4.39 Å². The normalized spacial score (nSPS) is 28.5. The van der Waals surface area contributed by atoms with E-state index in [0.717, 1.165) is 0 Å². The molecule has 0 heterocycles. The summed E-state index contributed by atoms with van der Waals surface area (Å²) in [5.41, 5.74) is 1.24. The number of alkyl halides is 1. The first-order valence-corrected chi connectivity index (χ1v) is 4.58. The summed E-state index contributed by atoms with van der Waals surface area (Å²) in [4.78, 5) is 0.618. The molecule has 11 heavy (non-hydrogen) atoms. The van der Waals surface area contributed by atoms with Gasteiger partial charge in [0.1, 0.15) is 5.82 Å². The van der Waals surface area contributed by atoms with Crippen LogP contribution in [0.25, 0.3) is 0 Å². The van der Waals surface area contributed by atoms with E-state index in [1.807, 2.05) is 12.1 Å². The zero-order valence-corrected chi connectivity index (χ0v) is 7.51. The van der Waals surface area contributed by atoms with Crippen molar-refractivity contribution in [2.45, 2.75) is 17.2 Å². The fourth-order valence-corrected chi connectivity index (χ4v) is 1.93. The molecule has 0 bridgehead atoms. The van der Waals surface area contributed by atoms with Gasteiger partial charge in [0, 0.05) is 4.83 Å². The van der Waals surface area contributed by atoms with Gasteiger partial charge in [-0.1, -0.05) is 28.1 Å². The summed E-state index contributed by atoms with van der Waals surface area (Å²) in [5, 5.41) is 0. The largest absolute Gasteiger partial charge is 0.207 e. The Morgan fingerprint density at radius 3 is 2.27 bits per heavy atom. The summed E-state index contributed by atoms with van der Waals surface area (Å²) >= 11 is 3.51. The molecule has 2 heteroatoms. The number of halogens is 2. The number of hydrogen-bond acceptors (Lipinski definition) is 0. The highest BCUT2D eigenvalue weighted by Crippen LogP contribution is 2.46. The van der Waals surface area contributed by atoms with Crippen molar-refractivity contribution in [3.05, 3.63) is 35.6 Å². The van der Waals surface area contributed by atoms with Crippen molar-refractivity contribution in [1.82, 2.24) is 0 Å². The first kappa shape index (κ1) is 7.29. The lowest BCUT2D eigenvalue weighted by molar-refractivity contribution is 0.627. The molecule has 1 fully saturated rings. The minimum atomic E-state index is -0.152. The topological polar surface area (TPSA) is 0 Å². The van der Waals surface area contributed by atoms with Crippen LogP contribution in [0.4, 0.5) is 4.39 Å². The zero-order chi connectivity index (χ0) is 7.84. The highest BCUT2D eigenvalue weighted by atomic mass is 79.9. The summed E-state index contributed by atoms with van der Waals surface area (Å²) in [7, 11) is 0. The van der Waals surface area contributed by atoms with E-state index in [2.05, 4.69) is 15.9 Å². The van der Waals surface area contributed by atoms with E-state index in [4.69, 9.17) is 0 Å². The van der Waals surface area contributed by atoms with Gasteiger partial charge in [0.05, 0.1) is 0 Å². The maximum atomic E-state index is 12.5.